The first kappa shape index (κ1) is 12.1. The van der Waals surface area contributed by atoms with Crippen LogP contribution in [0, 0.1) is 13.8 Å². The van der Waals surface area contributed by atoms with Crippen LogP contribution in [0.5, 0.6) is 11.5 Å². The van der Waals surface area contributed by atoms with Gasteiger partial charge in [-0.1, -0.05) is 22.0 Å². The summed E-state index contributed by atoms with van der Waals surface area (Å²) in [6.45, 7) is 4.02. The van der Waals surface area contributed by atoms with Crippen molar-refractivity contribution in [2.75, 3.05) is 0 Å². The zero-order valence-electron chi connectivity index (χ0n) is 9.90. The van der Waals surface area contributed by atoms with Gasteiger partial charge in [0.25, 0.3) is 0 Å². The van der Waals surface area contributed by atoms with Crippen molar-refractivity contribution >= 4 is 15.9 Å². The monoisotopic (exact) mass is 291 g/mol. The van der Waals surface area contributed by atoms with Gasteiger partial charge in [0.1, 0.15) is 11.5 Å². The number of nitrogens with zero attached hydrogens (tertiary/aromatic N) is 1. The average Bonchev–Trinajstić information content (AvgIpc) is 2.32. The van der Waals surface area contributed by atoms with Gasteiger partial charge in [-0.05, 0) is 49.2 Å². The minimum atomic E-state index is 0.804. The normalized spacial score (nSPS) is 10.3. The zero-order chi connectivity index (χ0) is 12.3. The molecule has 0 unspecified atom stereocenters. The first-order valence-electron chi connectivity index (χ1n) is 5.45. The van der Waals surface area contributed by atoms with Crippen molar-refractivity contribution in [3.05, 3.63) is 53.3 Å². The molecule has 0 N–H and O–H groups in total. The van der Waals surface area contributed by atoms with Crippen LogP contribution in [0.4, 0.5) is 0 Å². The predicted octanol–water partition coefficient (Wildman–Crippen LogP) is 4.39. The summed E-state index contributed by atoms with van der Waals surface area (Å²) in [5, 5.41) is 0.866. The molecule has 0 spiro atoms. The second kappa shape index (κ2) is 5.32. The Kier molecular flexibility index (Phi) is 3.79. The Morgan fingerprint density at radius 1 is 1.24 bits per heavy atom. The summed E-state index contributed by atoms with van der Waals surface area (Å²) in [4.78, 5) is 4.20. The minimum absolute atomic E-state index is 0.804. The highest BCUT2D eigenvalue weighted by Gasteiger charge is 2.03. The number of aromatic nitrogens is 1. The maximum absolute atomic E-state index is 5.81. The Hall–Kier alpha value is -1.35. The number of aryl methyl sites for hydroxylation is 2. The SMILES string of the molecule is Cc1cc(Oc2cccnc2C)ccc1CBr. The fourth-order valence-corrected chi connectivity index (χ4v) is 2.22. The van der Waals surface area contributed by atoms with E-state index in [1.54, 1.807) is 6.20 Å². The first-order valence-corrected chi connectivity index (χ1v) is 6.58. The van der Waals surface area contributed by atoms with Crippen molar-refractivity contribution < 1.29 is 4.74 Å². The quantitative estimate of drug-likeness (QED) is 0.783. The molecule has 0 atom stereocenters. The molecule has 0 radical (unpaired) electrons. The second-order valence-corrected chi connectivity index (χ2v) is 4.47. The molecule has 0 bridgehead atoms. The maximum Gasteiger partial charge on any atom is 0.148 e. The zero-order valence-corrected chi connectivity index (χ0v) is 11.5. The third kappa shape index (κ3) is 2.86. The molecule has 88 valence electrons. The summed E-state index contributed by atoms with van der Waals surface area (Å²) in [6.07, 6.45) is 1.77. The highest BCUT2D eigenvalue weighted by Crippen LogP contribution is 2.25. The van der Waals surface area contributed by atoms with E-state index < -0.39 is 0 Å². The molecule has 0 aliphatic carbocycles. The van der Waals surface area contributed by atoms with Crippen LogP contribution in [-0.2, 0) is 5.33 Å². The van der Waals surface area contributed by atoms with Crippen molar-refractivity contribution in [3.63, 3.8) is 0 Å². The second-order valence-electron chi connectivity index (χ2n) is 3.91. The highest BCUT2D eigenvalue weighted by molar-refractivity contribution is 9.08. The summed E-state index contributed by atoms with van der Waals surface area (Å²) in [6, 6.07) is 9.91. The van der Waals surface area contributed by atoms with Gasteiger partial charge in [0.2, 0.25) is 0 Å². The molecule has 3 heteroatoms. The van der Waals surface area contributed by atoms with Crippen LogP contribution in [0.1, 0.15) is 16.8 Å². The molecule has 2 rings (SSSR count). The van der Waals surface area contributed by atoms with Gasteiger partial charge in [0.05, 0.1) is 5.69 Å². The van der Waals surface area contributed by atoms with E-state index in [1.807, 2.05) is 31.2 Å². The van der Waals surface area contributed by atoms with E-state index in [9.17, 15) is 0 Å². The van der Waals surface area contributed by atoms with Crippen LogP contribution >= 0.6 is 15.9 Å². The van der Waals surface area contributed by atoms with E-state index in [1.165, 1.54) is 11.1 Å². The Bertz CT molecular complexity index is 525. The Balaban J connectivity index is 2.25. The predicted molar refractivity (Wildman–Crippen MR) is 72.9 cm³/mol. The lowest BCUT2D eigenvalue weighted by molar-refractivity contribution is 0.475. The Morgan fingerprint density at radius 2 is 2.06 bits per heavy atom. The number of pyridine rings is 1. The highest BCUT2D eigenvalue weighted by atomic mass is 79.9. The molecule has 2 aromatic rings. The molecule has 1 heterocycles. The minimum Gasteiger partial charge on any atom is -0.455 e. The fourth-order valence-electron chi connectivity index (χ4n) is 1.59. The van der Waals surface area contributed by atoms with Crippen LogP contribution in [-0.4, -0.2) is 4.98 Å². The van der Waals surface area contributed by atoms with Crippen LogP contribution in [0.15, 0.2) is 36.5 Å². The van der Waals surface area contributed by atoms with Gasteiger partial charge in [-0.3, -0.25) is 4.98 Å². The van der Waals surface area contributed by atoms with Crippen molar-refractivity contribution in [1.82, 2.24) is 4.98 Å². The van der Waals surface area contributed by atoms with E-state index in [4.69, 9.17) is 4.74 Å². The lowest BCUT2D eigenvalue weighted by atomic mass is 10.1. The molecule has 2 nitrogen and oxygen atoms in total. The number of benzene rings is 1. The van der Waals surface area contributed by atoms with E-state index in [-0.39, 0.29) is 0 Å². The van der Waals surface area contributed by atoms with Crippen LogP contribution in [0.3, 0.4) is 0 Å². The van der Waals surface area contributed by atoms with Gasteiger partial charge in [-0.25, -0.2) is 0 Å². The number of ether oxygens (including phenoxy) is 1. The van der Waals surface area contributed by atoms with Crippen molar-refractivity contribution in [2.24, 2.45) is 0 Å². The molecule has 0 amide bonds. The summed E-state index contributed by atoms with van der Waals surface area (Å²) in [7, 11) is 0. The third-order valence-corrected chi connectivity index (χ3v) is 3.25. The van der Waals surface area contributed by atoms with E-state index in [2.05, 4.69) is 33.9 Å². The van der Waals surface area contributed by atoms with E-state index in [0.29, 0.717) is 0 Å². The topological polar surface area (TPSA) is 22.1 Å². The molecular weight excluding hydrogens is 278 g/mol. The van der Waals surface area contributed by atoms with Gasteiger partial charge in [-0.15, -0.1) is 0 Å². The largest absolute Gasteiger partial charge is 0.455 e. The standard InChI is InChI=1S/C14H14BrNO/c1-10-8-13(6-5-12(10)9-15)17-14-4-3-7-16-11(14)2/h3-8H,9H2,1-2H3. The average molecular weight is 292 g/mol. The molecule has 0 fully saturated rings. The van der Waals surface area contributed by atoms with Gasteiger partial charge < -0.3 is 4.74 Å². The molecule has 1 aromatic carbocycles. The van der Waals surface area contributed by atoms with E-state index >= 15 is 0 Å². The number of hydrogen-bond acceptors (Lipinski definition) is 2. The summed E-state index contributed by atoms with van der Waals surface area (Å²) in [5.74, 6) is 1.65. The van der Waals surface area contributed by atoms with Crippen molar-refractivity contribution in [1.29, 1.82) is 0 Å². The molecule has 1 aromatic heterocycles. The summed E-state index contributed by atoms with van der Waals surface area (Å²) >= 11 is 3.46. The summed E-state index contributed by atoms with van der Waals surface area (Å²) in [5.41, 5.74) is 3.40. The lowest BCUT2D eigenvalue weighted by Gasteiger charge is -2.09. The van der Waals surface area contributed by atoms with Gasteiger partial charge in [-0.2, -0.15) is 0 Å². The fraction of sp³-hybridized carbons (Fsp3) is 0.214. The van der Waals surface area contributed by atoms with Gasteiger partial charge in [0.15, 0.2) is 0 Å². The number of alkyl halides is 1. The molecule has 0 aliphatic heterocycles. The number of halogens is 1. The van der Waals surface area contributed by atoms with Crippen LogP contribution in [0.25, 0.3) is 0 Å². The van der Waals surface area contributed by atoms with Gasteiger partial charge >= 0.3 is 0 Å². The molecule has 0 aliphatic rings. The molecular formula is C14H14BrNO. The lowest BCUT2D eigenvalue weighted by Crippen LogP contribution is -1.91. The van der Waals surface area contributed by atoms with Crippen molar-refractivity contribution in [2.45, 2.75) is 19.2 Å². The van der Waals surface area contributed by atoms with Crippen LogP contribution < -0.4 is 4.74 Å². The molecule has 0 saturated heterocycles. The first-order chi connectivity index (χ1) is 8.20. The molecule has 17 heavy (non-hydrogen) atoms. The maximum atomic E-state index is 5.81. The molecule has 0 saturated carbocycles. The van der Waals surface area contributed by atoms with Crippen molar-refractivity contribution in [3.8, 4) is 11.5 Å². The Morgan fingerprint density at radius 3 is 2.71 bits per heavy atom. The smallest absolute Gasteiger partial charge is 0.148 e. The van der Waals surface area contributed by atoms with Crippen LogP contribution in [0.2, 0.25) is 0 Å². The third-order valence-electron chi connectivity index (χ3n) is 2.64. The Labute approximate surface area is 110 Å². The van der Waals surface area contributed by atoms with E-state index in [0.717, 1.165) is 22.5 Å². The summed E-state index contributed by atoms with van der Waals surface area (Å²) < 4.78 is 5.81. The number of hydrogen-bond donors (Lipinski definition) is 0. The number of rotatable bonds is 3. The van der Waals surface area contributed by atoms with Gasteiger partial charge in [0, 0.05) is 11.5 Å².